The zero-order chi connectivity index (χ0) is 15.1. The number of thioether (sulfide) groups is 1. The van der Waals surface area contributed by atoms with Gasteiger partial charge in [-0.15, -0.1) is 6.58 Å². The SMILES string of the molecule is C=CCSCCNC(=NC)NCCN(C)CCCOC. The topological polar surface area (TPSA) is 48.9 Å². The first kappa shape index (κ1) is 19.3. The molecule has 118 valence electrons. The number of nitrogens with zero attached hydrogens (tertiary/aromatic N) is 2. The normalized spacial score (nSPS) is 11.7. The average Bonchev–Trinajstić information content (AvgIpc) is 2.45. The van der Waals surface area contributed by atoms with Crippen LogP contribution in [0.25, 0.3) is 0 Å². The summed E-state index contributed by atoms with van der Waals surface area (Å²) < 4.78 is 5.05. The molecule has 0 aromatic heterocycles. The number of hydrogen-bond donors (Lipinski definition) is 2. The Morgan fingerprint density at radius 2 is 2.10 bits per heavy atom. The maximum atomic E-state index is 5.05. The standard InChI is InChI=1S/C14H30N4OS/c1-5-12-20-13-8-17-14(15-2)16-7-10-18(3)9-6-11-19-4/h5H,1,6-13H2,2-4H3,(H2,15,16,17). The van der Waals surface area contributed by atoms with E-state index >= 15 is 0 Å². The second-order valence-corrected chi connectivity index (χ2v) is 5.59. The summed E-state index contributed by atoms with van der Waals surface area (Å²) in [5.74, 6) is 2.93. The van der Waals surface area contributed by atoms with Gasteiger partial charge in [-0.3, -0.25) is 4.99 Å². The van der Waals surface area contributed by atoms with Gasteiger partial charge < -0.3 is 20.3 Å². The van der Waals surface area contributed by atoms with E-state index in [1.807, 2.05) is 17.8 Å². The van der Waals surface area contributed by atoms with E-state index in [1.54, 1.807) is 14.2 Å². The van der Waals surface area contributed by atoms with Crippen LogP contribution >= 0.6 is 11.8 Å². The fraction of sp³-hybridized carbons (Fsp3) is 0.786. The van der Waals surface area contributed by atoms with Crippen LogP contribution in [-0.4, -0.2) is 76.4 Å². The van der Waals surface area contributed by atoms with Gasteiger partial charge in [-0.2, -0.15) is 11.8 Å². The van der Waals surface area contributed by atoms with Crippen molar-refractivity contribution < 1.29 is 4.74 Å². The van der Waals surface area contributed by atoms with Crippen molar-refractivity contribution in [3.8, 4) is 0 Å². The molecule has 0 aromatic rings. The number of nitrogens with one attached hydrogen (secondary N) is 2. The number of methoxy groups -OCH3 is 1. The van der Waals surface area contributed by atoms with Gasteiger partial charge in [0, 0.05) is 58.4 Å². The van der Waals surface area contributed by atoms with E-state index in [2.05, 4.69) is 34.2 Å². The Morgan fingerprint density at radius 1 is 1.35 bits per heavy atom. The lowest BCUT2D eigenvalue weighted by molar-refractivity contribution is 0.180. The molecule has 0 aliphatic heterocycles. The summed E-state index contributed by atoms with van der Waals surface area (Å²) >= 11 is 1.86. The Bertz CT molecular complexity index is 262. The van der Waals surface area contributed by atoms with Gasteiger partial charge in [0.1, 0.15) is 0 Å². The number of likely N-dealkylation sites (N-methyl/N-ethyl adjacent to an activating group) is 1. The third-order valence-corrected chi connectivity index (χ3v) is 3.64. The monoisotopic (exact) mass is 302 g/mol. The smallest absolute Gasteiger partial charge is 0.191 e. The van der Waals surface area contributed by atoms with Gasteiger partial charge in [0.05, 0.1) is 0 Å². The Hall–Kier alpha value is -0.720. The third kappa shape index (κ3) is 12.3. The molecular formula is C14H30N4OS. The summed E-state index contributed by atoms with van der Waals surface area (Å²) in [6.45, 7) is 8.39. The molecule has 0 bridgehead atoms. The first-order valence-electron chi connectivity index (χ1n) is 7.05. The predicted octanol–water partition coefficient (Wildman–Crippen LogP) is 1.04. The molecule has 0 amide bonds. The highest BCUT2D eigenvalue weighted by Gasteiger charge is 2.00. The fourth-order valence-corrected chi connectivity index (χ4v) is 2.16. The molecule has 0 atom stereocenters. The molecule has 0 saturated carbocycles. The summed E-state index contributed by atoms with van der Waals surface area (Å²) in [6, 6.07) is 0. The predicted molar refractivity (Wildman–Crippen MR) is 90.9 cm³/mol. The maximum Gasteiger partial charge on any atom is 0.191 e. The zero-order valence-corrected chi connectivity index (χ0v) is 14.0. The molecule has 5 nitrogen and oxygen atoms in total. The van der Waals surface area contributed by atoms with Crippen molar-refractivity contribution in [1.29, 1.82) is 0 Å². The number of aliphatic imine (C=N–C) groups is 1. The molecule has 0 radical (unpaired) electrons. The second-order valence-electron chi connectivity index (χ2n) is 4.44. The Balaban J connectivity index is 3.56. The van der Waals surface area contributed by atoms with Gasteiger partial charge in [-0.1, -0.05) is 6.08 Å². The van der Waals surface area contributed by atoms with Gasteiger partial charge in [-0.05, 0) is 13.5 Å². The summed E-state index contributed by atoms with van der Waals surface area (Å²) in [7, 11) is 5.67. The molecule has 0 aromatic carbocycles. The van der Waals surface area contributed by atoms with Crippen molar-refractivity contribution in [3.05, 3.63) is 12.7 Å². The van der Waals surface area contributed by atoms with Crippen LogP contribution in [0.1, 0.15) is 6.42 Å². The summed E-state index contributed by atoms with van der Waals surface area (Å²) in [5, 5.41) is 6.62. The minimum atomic E-state index is 0.823. The molecule has 0 aliphatic rings. The van der Waals surface area contributed by atoms with Crippen molar-refractivity contribution >= 4 is 17.7 Å². The first-order valence-corrected chi connectivity index (χ1v) is 8.20. The molecule has 0 heterocycles. The van der Waals surface area contributed by atoms with Gasteiger partial charge in [0.25, 0.3) is 0 Å². The molecule has 6 heteroatoms. The van der Waals surface area contributed by atoms with Crippen LogP contribution < -0.4 is 10.6 Å². The van der Waals surface area contributed by atoms with E-state index in [1.165, 1.54) is 0 Å². The molecule has 20 heavy (non-hydrogen) atoms. The van der Waals surface area contributed by atoms with Crippen molar-refractivity contribution in [2.45, 2.75) is 6.42 Å². The van der Waals surface area contributed by atoms with E-state index < -0.39 is 0 Å². The molecule has 0 spiro atoms. The Kier molecular flexibility index (Phi) is 14.2. The Morgan fingerprint density at radius 3 is 2.75 bits per heavy atom. The van der Waals surface area contributed by atoms with Gasteiger partial charge in [-0.25, -0.2) is 0 Å². The lowest BCUT2D eigenvalue weighted by atomic mass is 10.4. The molecule has 0 unspecified atom stereocenters. The van der Waals surface area contributed by atoms with E-state index in [0.29, 0.717) is 0 Å². The van der Waals surface area contributed by atoms with E-state index in [9.17, 15) is 0 Å². The fourth-order valence-electron chi connectivity index (χ4n) is 1.58. The lowest BCUT2D eigenvalue weighted by Gasteiger charge is -2.18. The van der Waals surface area contributed by atoms with Crippen molar-refractivity contribution in [3.63, 3.8) is 0 Å². The molecule has 0 fully saturated rings. The highest BCUT2D eigenvalue weighted by Crippen LogP contribution is 1.96. The minimum Gasteiger partial charge on any atom is -0.385 e. The number of hydrogen-bond acceptors (Lipinski definition) is 4. The van der Waals surface area contributed by atoms with Gasteiger partial charge in [0.15, 0.2) is 5.96 Å². The molecular weight excluding hydrogens is 272 g/mol. The number of ether oxygens (including phenoxy) is 1. The zero-order valence-electron chi connectivity index (χ0n) is 13.2. The van der Waals surface area contributed by atoms with Crippen LogP contribution in [0.15, 0.2) is 17.6 Å². The van der Waals surface area contributed by atoms with Crippen LogP contribution in [-0.2, 0) is 4.74 Å². The largest absolute Gasteiger partial charge is 0.385 e. The molecule has 0 rings (SSSR count). The van der Waals surface area contributed by atoms with Crippen molar-refractivity contribution in [2.75, 3.05) is 65.5 Å². The maximum absolute atomic E-state index is 5.05. The summed E-state index contributed by atoms with van der Waals surface area (Å²) in [5.41, 5.74) is 0. The highest BCUT2D eigenvalue weighted by molar-refractivity contribution is 7.99. The lowest BCUT2D eigenvalue weighted by Crippen LogP contribution is -2.41. The Labute approximate surface area is 128 Å². The molecule has 0 aliphatic carbocycles. The first-order chi connectivity index (χ1) is 9.74. The van der Waals surface area contributed by atoms with E-state index in [0.717, 1.165) is 56.7 Å². The van der Waals surface area contributed by atoms with Gasteiger partial charge >= 0.3 is 0 Å². The second kappa shape index (κ2) is 14.7. The van der Waals surface area contributed by atoms with Crippen LogP contribution in [0, 0.1) is 0 Å². The van der Waals surface area contributed by atoms with Crippen molar-refractivity contribution in [1.82, 2.24) is 15.5 Å². The van der Waals surface area contributed by atoms with Crippen LogP contribution in [0.3, 0.4) is 0 Å². The minimum absolute atomic E-state index is 0.823. The average molecular weight is 302 g/mol. The van der Waals surface area contributed by atoms with E-state index in [-0.39, 0.29) is 0 Å². The molecule has 0 saturated heterocycles. The number of rotatable bonds is 12. The summed E-state index contributed by atoms with van der Waals surface area (Å²) in [6.07, 6.45) is 3.00. The third-order valence-electron chi connectivity index (χ3n) is 2.67. The molecule has 2 N–H and O–H groups in total. The van der Waals surface area contributed by atoms with Crippen LogP contribution in [0.4, 0.5) is 0 Å². The van der Waals surface area contributed by atoms with Crippen LogP contribution in [0.5, 0.6) is 0 Å². The quantitative estimate of drug-likeness (QED) is 0.244. The summed E-state index contributed by atoms with van der Waals surface area (Å²) in [4.78, 5) is 6.50. The van der Waals surface area contributed by atoms with Crippen molar-refractivity contribution in [2.24, 2.45) is 4.99 Å². The van der Waals surface area contributed by atoms with Crippen LogP contribution in [0.2, 0.25) is 0 Å². The highest BCUT2D eigenvalue weighted by atomic mass is 32.2. The number of guanidine groups is 1. The van der Waals surface area contributed by atoms with E-state index in [4.69, 9.17) is 4.74 Å². The van der Waals surface area contributed by atoms with Gasteiger partial charge in [0.2, 0.25) is 0 Å².